The molecule has 2 rings (SSSR count). The van der Waals surface area contributed by atoms with Gasteiger partial charge in [-0.25, -0.2) is 0 Å². The standard InChI is InChI=1S/C11H15NO2/c1-12-11(5-6-11)9-4-3-8(13)7-10(9)14-2/h3-4,7,12-13H,5-6H2,1-2H3. The van der Waals surface area contributed by atoms with E-state index in [1.54, 1.807) is 19.2 Å². The molecule has 0 aliphatic heterocycles. The van der Waals surface area contributed by atoms with Gasteiger partial charge in [-0.3, -0.25) is 0 Å². The molecule has 1 aromatic rings. The lowest BCUT2D eigenvalue weighted by Gasteiger charge is -2.18. The molecule has 14 heavy (non-hydrogen) atoms. The van der Waals surface area contributed by atoms with Crippen LogP contribution in [-0.4, -0.2) is 19.3 Å². The van der Waals surface area contributed by atoms with Crippen LogP contribution in [0.15, 0.2) is 18.2 Å². The van der Waals surface area contributed by atoms with Crippen LogP contribution in [0.25, 0.3) is 0 Å². The lowest BCUT2D eigenvalue weighted by atomic mass is 10.0. The Hall–Kier alpha value is -1.22. The van der Waals surface area contributed by atoms with E-state index in [0.29, 0.717) is 0 Å². The first kappa shape index (κ1) is 9.34. The summed E-state index contributed by atoms with van der Waals surface area (Å²) in [5, 5.41) is 12.6. The summed E-state index contributed by atoms with van der Waals surface area (Å²) in [6.45, 7) is 0. The van der Waals surface area contributed by atoms with Crippen molar-refractivity contribution >= 4 is 0 Å². The first-order valence-corrected chi connectivity index (χ1v) is 4.78. The number of ether oxygens (including phenoxy) is 1. The van der Waals surface area contributed by atoms with E-state index in [4.69, 9.17) is 4.74 Å². The third-order valence-corrected chi connectivity index (χ3v) is 2.93. The molecule has 1 aliphatic rings. The number of rotatable bonds is 3. The summed E-state index contributed by atoms with van der Waals surface area (Å²) in [7, 11) is 3.59. The molecule has 0 aromatic heterocycles. The van der Waals surface area contributed by atoms with Gasteiger partial charge in [-0.05, 0) is 32.0 Å². The highest BCUT2D eigenvalue weighted by molar-refractivity contribution is 5.46. The van der Waals surface area contributed by atoms with Gasteiger partial charge in [-0.2, -0.15) is 0 Å². The predicted molar refractivity (Wildman–Crippen MR) is 54.6 cm³/mol. The molecule has 2 N–H and O–H groups in total. The normalized spacial score (nSPS) is 17.9. The second-order valence-electron chi connectivity index (χ2n) is 3.72. The van der Waals surface area contributed by atoms with Gasteiger partial charge in [0.15, 0.2) is 0 Å². The van der Waals surface area contributed by atoms with E-state index >= 15 is 0 Å². The number of methoxy groups -OCH3 is 1. The summed E-state index contributed by atoms with van der Waals surface area (Å²) in [4.78, 5) is 0. The third-order valence-electron chi connectivity index (χ3n) is 2.93. The van der Waals surface area contributed by atoms with E-state index in [9.17, 15) is 5.11 Å². The van der Waals surface area contributed by atoms with Crippen molar-refractivity contribution in [2.45, 2.75) is 18.4 Å². The molecule has 1 aliphatic carbocycles. The SMILES string of the molecule is CNC1(c2ccc(O)cc2OC)CC1. The van der Waals surface area contributed by atoms with Gasteiger partial charge in [0.1, 0.15) is 11.5 Å². The van der Waals surface area contributed by atoms with Gasteiger partial charge >= 0.3 is 0 Å². The van der Waals surface area contributed by atoms with E-state index in [1.807, 2.05) is 13.1 Å². The molecule has 1 aromatic carbocycles. The fourth-order valence-electron chi connectivity index (χ4n) is 1.85. The summed E-state index contributed by atoms with van der Waals surface area (Å²) in [5.74, 6) is 1.01. The number of benzene rings is 1. The number of aromatic hydroxyl groups is 1. The molecule has 3 heteroatoms. The molecule has 0 bridgehead atoms. The zero-order chi connectivity index (χ0) is 10.2. The highest BCUT2D eigenvalue weighted by Gasteiger charge is 2.44. The van der Waals surface area contributed by atoms with Crippen LogP contribution in [0.4, 0.5) is 0 Å². The second kappa shape index (κ2) is 3.17. The average Bonchev–Trinajstić information content (AvgIpc) is 2.98. The Balaban J connectivity index is 2.42. The van der Waals surface area contributed by atoms with E-state index in [1.165, 1.54) is 0 Å². The summed E-state index contributed by atoms with van der Waals surface area (Å²) in [5.41, 5.74) is 1.22. The van der Waals surface area contributed by atoms with Crippen molar-refractivity contribution < 1.29 is 9.84 Å². The minimum atomic E-state index is 0.0824. The van der Waals surface area contributed by atoms with Crippen LogP contribution in [-0.2, 0) is 5.54 Å². The van der Waals surface area contributed by atoms with Crippen molar-refractivity contribution in [3.8, 4) is 11.5 Å². The first-order valence-electron chi connectivity index (χ1n) is 4.78. The topological polar surface area (TPSA) is 41.5 Å². The Morgan fingerprint density at radius 1 is 1.43 bits per heavy atom. The van der Waals surface area contributed by atoms with Crippen LogP contribution in [0.1, 0.15) is 18.4 Å². The largest absolute Gasteiger partial charge is 0.508 e. The van der Waals surface area contributed by atoms with Gasteiger partial charge in [0, 0.05) is 17.2 Å². The molecule has 3 nitrogen and oxygen atoms in total. The summed E-state index contributed by atoms with van der Waals surface area (Å²) in [6, 6.07) is 5.29. The molecule has 0 heterocycles. The molecular formula is C11H15NO2. The highest BCUT2D eigenvalue weighted by atomic mass is 16.5. The van der Waals surface area contributed by atoms with Crippen molar-refractivity contribution in [1.82, 2.24) is 5.32 Å². The maximum atomic E-state index is 9.33. The lowest BCUT2D eigenvalue weighted by Crippen LogP contribution is -2.24. The van der Waals surface area contributed by atoms with Gasteiger partial charge in [0.25, 0.3) is 0 Å². The van der Waals surface area contributed by atoms with Crippen molar-refractivity contribution in [2.24, 2.45) is 0 Å². The zero-order valence-corrected chi connectivity index (χ0v) is 8.50. The fourth-order valence-corrected chi connectivity index (χ4v) is 1.85. The number of phenolic OH excluding ortho intramolecular Hbond substituents is 1. The molecule has 0 unspecified atom stereocenters. The molecule has 0 spiro atoms. The number of nitrogens with one attached hydrogen (secondary N) is 1. The van der Waals surface area contributed by atoms with Gasteiger partial charge in [-0.15, -0.1) is 0 Å². The maximum Gasteiger partial charge on any atom is 0.127 e. The highest BCUT2D eigenvalue weighted by Crippen LogP contribution is 2.49. The molecule has 1 saturated carbocycles. The van der Waals surface area contributed by atoms with Gasteiger partial charge < -0.3 is 15.2 Å². The minimum Gasteiger partial charge on any atom is -0.508 e. The monoisotopic (exact) mass is 193 g/mol. The summed E-state index contributed by atoms with van der Waals surface area (Å²) < 4.78 is 5.25. The number of phenols is 1. The van der Waals surface area contributed by atoms with E-state index in [0.717, 1.165) is 24.2 Å². The summed E-state index contributed by atoms with van der Waals surface area (Å²) in [6.07, 6.45) is 2.26. The fraction of sp³-hybridized carbons (Fsp3) is 0.455. The van der Waals surface area contributed by atoms with Crippen LogP contribution in [0.5, 0.6) is 11.5 Å². The lowest BCUT2D eigenvalue weighted by molar-refractivity contribution is 0.393. The van der Waals surface area contributed by atoms with E-state index < -0.39 is 0 Å². The Labute approximate surface area is 83.7 Å². The number of hydrogen-bond donors (Lipinski definition) is 2. The smallest absolute Gasteiger partial charge is 0.127 e. The molecule has 0 saturated heterocycles. The van der Waals surface area contributed by atoms with Gasteiger partial charge in [-0.1, -0.05) is 0 Å². The molecule has 0 amide bonds. The Kier molecular flexibility index (Phi) is 2.11. The quantitative estimate of drug-likeness (QED) is 0.766. The minimum absolute atomic E-state index is 0.0824. The van der Waals surface area contributed by atoms with Crippen LogP contribution >= 0.6 is 0 Å². The average molecular weight is 193 g/mol. The molecule has 76 valence electrons. The third kappa shape index (κ3) is 1.34. The van der Waals surface area contributed by atoms with Crippen LogP contribution in [0, 0.1) is 0 Å². The van der Waals surface area contributed by atoms with E-state index in [-0.39, 0.29) is 11.3 Å². The van der Waals surface area contributed by atoms with Crippen LogP contribution < -0.4 is 10.1 Å². The Morgan fingerprint density at radius 2 is 2.14 bits per heavy atom. The zero-order valence-electron chi connectivity index (χ0n) is 8.50. The molecule has 0 radical (unpaired) electrons. The van der Waals surface area contributed by atoms with Crippen LogP contribution in [0.2, 0.25) is 0 Å². The second-order valence-corrected chi connectivity index (χ2v) is 3.72. The van der Waals surface area contributed by atoms with Gasteiger partial charge in [0.05, 0.1) is 7.11 Å². The molecule has 0 atom stereocenters. The molecule has 1 fully saturated rings. The first-order chi connectivity index (χ1) is 6.72. The van der Waals surface area contributed by atoms with Crippen molar-refractivity contribution in [3.05, 3.63) is 23.8 Å². The Bertz CT molecular complexity index is 345. The predicted octanol–water partition coefficient (Wildman–Crippen LogP) is 1.61. The molecular weight excluding hydrogens is 178 g/mol. The van der Waals surface area contributed by atoms with Crippen LogP contribution in [0.3, 0.4) is 0 Å². The van der Waals surface area contributed by atoms with E-state index in [2.05, 4.69) is 5.32 Å². The maximum absolute atomic E-state index is 9.33. The van der Waals surface area contributed by atoms with Gasteiger partial charge in [0.2, 0.25) is 0 Å². The van der Waals surface area contributed by atoms with Crippen molar-refractivity contribution in [1.29, 1.82) is 0 Å². The summed E-state index contributed by atoms with van der Waals surface area (Å²) >= 11 is 0. The number of hydrogen-bond acceptors (Lipinski definition) is 3. The Morgan fingerprint density at radius 3 is 2.64 bits per heavy atom. The van der Waals surface area contributed by atoms with Crippen molar-refractivity contribution in [3.63, 3.8) is 0 Å². The van der Waals surface area contributed by atoms with Crippen molar-refractivity contribution in [2.75, 3.05) is 14.2 Å².